The summed E-state index contributed by atoms with van der Waals surface area (Å²) in [5.41, 5.74) is 0.220. The summed E-state index contributed by atoms with van der Waals surface area (Å²) >= 11 is -1.12. The molecule has 1 atom stereocenters. The van der Waals surface area contributed by atoms with Crippen molar-refractivity contribution in [3.8, 4) is 0 Å². The quantitative estimate of drug-likeness (QED) is 0.540. The first kappa shape index (κ1) is 11.5. The summed E-state index contributed by atoms with van der Waals surface area (Å²) in [6, 6.07) is 0. The van der Waals surface area contributed by atoms with Crippen LogP contribution in [-0.4, -0.2) is 21.4 Å². The molecule has 0 spiro atoms. The lowest BCUT2D eigenvalue weighted by atomic mass is 10.2. The zero-order valence-electron chi connectivity index (χ0n) is 7.59. The minimum Gasteiger partial charge on any atom is -0.612 e. The maximum absolute atomic E-state index is 11.3. The van der Waals surface area contributed by atoms with E-state index < -0.39 is 17.1 Å². The summed E-state index contributed by atoms with van der Waals surface area (Å²) in [7, 11) is 0. The van der Waals surface area contributed by atoms with Gasteiger partial charge in [-0.05, 0) is 25.0 Å². The molecule has 0 amide bonds. The van der Waals surface area contributed by atoms with Crippen molar-refractivity contribution in [2.75, 3.05) is 5.75 Å². The van der Waals surface area contributed by atoms with E-state index in [0.29, 0.717) is 17.1 Å². The molecular formula is C8H14O3S. The Morgan fingerprint density at radius 3 is 2.25 bits per heavy atom. The largest absolute Gasteiger partial charge is 0.612 e. The Hall–Kier alpha value is -0.480. The summed E-state index contributed by atoms with van der Waals surface area (Å²) in [6.07, 6.45) is 0.540. The number of hydrogen-bond donors (Lipinski definition) is 1. The minimum atomic E-state index is -1.12. The van der Waals surface area contributed by atoms with Crippen molar-refractivity contribution in [3.05, 3.63) is 10.5 Å². The zero-order valence-corrected chi connectivity index (χ0v) is 8.40. The molecule has 12 heavy (non-hydrogen) atoms. The highest BCUT2D eigenvalue weighted by Gasteiger charge is 2.17. The highest BCUT2D eigenvalue weighted by Crippen LogP contribution is 2.16. The van der Waals surface area contributed by atoms with Crippen molar-refractivity contribution in [2.24, 2.45) is 0 Å². The molecule has 0 fully saturated rings. The van der Waals surface area contributed by atoms with E-state index in [1.54, 1.807) is 6.92 Å². The fourth-order valence-corrected chi connectivity index (χ4v) is 1.99. The smallest absolute Gasteiger partial charge is 0.336 e. The Bertz CT molecular complexity index is 198. The molecule has 0 saturated carbocycles. The number of rotatable bonds is 4. The van der Waals surface area contributed by atoms with Gasteiger partial charge in [-0.15, -0.1) is 0 Å². The molecule has 0 aliphatic heterocycles. The number of carboxylic acids is 1. The molecule has 0 radical (unpaired) electrons. The average Bonchev–Trinajstić information content (AvgIpc) is 2.05. The van der Waals surface area contributed by atoms with E-state index in [-0.39, 0.29) is 5.57 Å². The van der Waals surface area contributed by atoms with Gasteiger partial charge in [0.2, 0.25) is 0 Å². The number of carboxylic acid groups (broad SMARTS) is 1. The maximum Gasteiger partial charge on any atom is 0.336 e. The second kappa shape index (κ2) is 5.22. The summed E-state index contributed by atoms with van der Waals surface area (Å²) in [4.78, 5) is 11.1. The Labute approximate surface area is 75.7 Å². The normalized spacial score (nSPS) is 15.3. The Balaban J connectivity index is 4.72. The number of aliphatic carboxylic acids is 1. The first-order valence-electron chi connectivity index (χ1n) is 3.85. The molecule has 0 aromatic heterocycles. The molecule has 0 aliphatic carbocycles. The van der Waals surface area contributed by atoms with E-state index in [4.69, 9.17) is 5.11 Å². The van der Waals surface area contributed by atoms with Crippen LogP contribution in [0.4, 0.5) is 0 Å². The van der Waals surface area contributed by atoms with Gasteiger partial charge < -0.3 is 9.66 Å². The Kier molecular flexibility index (Phi) is 5.01. The highest BCUT2D eigenvalue weighted by atomic mass is 32.2. The van der Waals surface area contributed by atoms with Crippen LogP contribution in [0.3, 0.4) is 0 Å². The van der Waals surface area contributed by atoms with Crippen LogP contribution < -0.4 is 0 Å². The van der Waals surface area contributed by atoms with Gasteiger partial charge in [0.1, 0.15) is 10.7 Å². The molecule has 0 bridgehead atoms. The van der Waals surface area contributed by atoms with Crippen LogP contribution in [0.1, 0.15) is 27.2 Å². The van der Waals surface area contributed by atoms with Crippen LogP contribution in [0.15, 0.2) is 10.5 Å². The second-order valence-electron chi connectivity index (χ2n) is 2.34. The van der Waals surface area contributed by atoms with E-state index >= 15 is 0 Å². The van der Waals surface area contributed by atoms with Gasteiger partial charge in [0, 0.05) is 6.42 Å². The fraction of sp³-hybridized carbons (Fsp3) is 0.625. The van der Waals surface area contributed by atoms with Crippen LogP contribution >= 0.6 is 0 Å². The molecule has 1 N–H and O–H groups in total. The van der Waals surface area contributed by atoms with Crippen molar-refractivity contribution >= 4 is 17.1 Å². The number of hydrogen-bond acceptors (Lipinski definition) is 2. The average molecular weight is 190 g/mol. The molecule has 0 aliphatic rings. The first-order valence-corrected chi connectivity index (χ1v) is 5.17. The van der Waals surface area contributed by atoms with Gasteiger partial charge in [0.05, 0.1) is 5.57 Å². The SMILES string of the molecule is CC/C(=C(/C)C(=O)O)[S+]([O-])CC. The van der Waals surface area contributed by atoms with Crippen LogP contribution in [0.2, 0.25) is 0 Å². The third-order valence-electron chi connectivity index (χ3n) is 1.60. The number of allylic oxidation sites excluding steroid dienone is 1. The molecule has 0 rings (SSSR count). The molecule has 1 unspecified atom stereocenters. The van der Waals surface area contributed by atoms with Crippen molar-refractivity contribution in [2.45, 2.75) is 27.2 Å². The molecular weight excluding hydrogens is 176 g/mol. The van der Waals surface area contributed by atoms with Crippen LogP contribution in [0.25, 0.3) is 0 Å². The summed E-state index contributed by atoms with van der Waals surface area (Å²) < 4.78 is 11.3. The Morgan fingerprint density at radius 1 is 1.50 bits per heavy atom. The molecule has 0 heterocycles. The highest BCUT2D eigenvalue weighted by molar-refractivity contribution is 7.95. The molecule has 4 heteroatoms. The zero-order chi connectivity index (χ0) is 9.72. The van der Waals surface area contributed by atoms with E-state index in [1.165, 1.54) is 6.92 Å². The monoisotopic (exact) mass is 190 g/mol. The van der Waals surface area contributed by atoms with Gasteiger partial charge in [-0.3, -0.25) is 0 Å². The predicted octanol–water partition coefficient (Wildman–Crippen LogP) is 1.52. The van der Waals surface area contributed by atoms with Gasteiger partial charge in [0.25, 0.3) is 0 Å². The third-order valence-corrected chi connectivity index (χ3v) is 3.27. The molecule has 70 valence electrons. The van der Waals surface area contributed by atoms with Gasteiger partial charge in [-0.2, -0.15) is 0 Å². The van der Waals surface area contributed by atoms with Crippen molar-refractivity contribution < 1.29 is 14.5 Å². The molecule has 3 nitrogen and oxygen atoms in total. The maximum atomic E-state index is 11.3. The first-order chi connectivity index (χ1) is 5.54. The van der Waals surface area contributed by atoms with Crippen molar-refractivity contribution in [1.29, 1.82) is 0 Å². The van der Waals surface area contributed by atoms with Crippen molar-refractivity contribution in [3.63, 3.8) is 0 Å². The van der Waals surface area contributed by atoms with Gasteiger partial charge in [-0.1, -0.05) is 6.92 Å². The van der Waals surface area contributed by atoms with Gasteiger partial charge >= 0.3 is 5.97 Å². The lowest BCUT2D eigenvalue weighted by Crippen LogP contribution is -2.12. The van der Waals surface area contributed by atoms with Crippen LogP contribution in [0.5, 0.6) is 0 Å². The van der Waals surface area contributed by atoms with Gasteiger partial charge in [-0.25, -0.2) is 4.79 Å². The van der Waals surface area contributed by atoms with Gasteiger partial charge in [0.15, 0.2) is 0 Å². The third kappa shape index (κ3) is 2.87. The summed E-state index contributed by atoms with van der Waals surface area (Å²) in [5.74, 6) is -0.498. The van der Waals surface area contributed by atoms with Crippen LogP contribution in [0, 0.1) is 0 Å². The van der Waals surface area contributed by atoms with E-state index in [0.717, 1.165) is 0 Å². The van der Waals surface area contributed by atoms with Crippen molar-refractivity contribution in [1.82, 2.24) is 0 Å². The van der Waals surface area contributed by atoms with E-state index in [2.05, 4.69) is 0 Å². The van der Waals surface area contributed by atoms with E-state index in [9.17, 15) is 9.35 Å². The molecule has 0 aromatic carbocycles. The minimum absolute atomic E-state index is 0.220. The fourth-order valence-electron chi connectivity index (χ4n) is 0.890. The summed E-state index contributed by atoms with van der Waals surface area (Å²) in [6.45, 7) is 5.09. The number of carbonyl (C=O) groups is 1. The van der Waals surface area contributed by atoms with Crippen LogP contribution in [-0.2, 0) is 16.0 Å². The Morgan fingerprint density at radius 2 is 2.00 bits per heavy atom. The predicted molar refractivity (Wildman–Crippen MR) is 49.3 cm³/mol. The lowest BCUT2D eigenvalue weighted by Gasteiger charge is -2.11. The molecule has 0 saturated heterocycles. The second-order valence-corrected chi connectivity index (χ2v) is 4.10. The standard InChI is InChI=1S/C8H14O3S/c1-4-7(12(11)5-2)6(3)8(9)10/h4-5H2,1-3H3,(H,9,10)/b7-6+. The summed E-state index contributed by atoms with van der Waals surface area (Å²) in [5, 5.41) is 8.64. The topological polar surface area (TPSA) is 60.4 Å². The molecule has 0 aromatic rings. The lowest BCUT2D eigenvalue weighted by molar-refractivity contribution is -0.132. The van der Waals surface area contributed by atoms with E-state index in [1.807, 2.05) is 6.92 Å².